The summed E-state index contributed by atoms with van der Waals surface area (Å²) in [5.41, 5.74) is -0.122. The number of benzene rings is 1. The summed E-state index contributed by atoms with van der Waals surface area (Å²) in [5, 5.41) is 12.7. The molecule has 1 saturated heterocycles. The Labute approximate surface area is 111 Å². The Hall–Kier alpha value is -1.24. The minimum absolute atomic E-state index is 0.00927. The fourth-order valence-corrected chi connectivity index (χ4v) is 2.40. The summed E-state index contributed by atoms with van der Waals surface area (Å²) in [5.74, 6) is -1.40. The molecule has 1 aromatic carbocycles. The van der Waals surface area contributed by atoms with E-state index in [2.05, 4.69) is 5.32 Å². The molecular weight excluding hydrogens is 254 g/mol. The van der Waals surface area contributed by atoms with Crippen LogP contribution in [-0.4, -0.2) is 49.9 Å². The molecule has 0 aliphatic carbocycles. The molecule has 19 heavy (non-hydrogen) atoms. The third-order valence-corrected chi connectivity index (χ3v) is 3.41. The molecule has 1 heterocycles. The maximum atomic E-state index is 14.2. The summed E-state index contributed by atoms with van der Waals surface area (Å²) < 4.78 is 33.0. The molecule has 0 unspecified atom stereocenters. The van der Waals surface area contributed by atoms with E-state index in [9.17, 15) is 13.9 Å². The number of ether oxygens (including phenoxy) is 1. The van der Waals surface area contributed by atoms with Crippen molar-refractivity contribution in [2.24, 2.45) is 0 Å². The lowest BCUT2D eigenvalue weighted by Crippen LogP contribution is -2.46. The van der Waals surface area contributed by atoms with Crippen molar-refractivity contribution in [1.29, 1.82) is 0 Å². The van der Waals surface area contributed by atoms with Crippen LogP contribution < -0.4 is 10.1 Å². The van der Waals surface area contributed by atoms with Crippen molar-refractivity contribution in [3.63, 3.8) is 0 Å². The number of halogens is 2. The second kappa shape index (κ2) is 6.27. The molecular formula is C13H18F2N2O2. The van der Waals surface area contributed by atoms with Gasteiger partial charge in [0.15, 0.2) is 11.6 Å². The topological polar surface area (TPSA) is 44.7 Å². The molecule has 1 atom stereocenters. The van der Waals surface area contributed by atoms with Crippen LogP contribution in [0.3, 0.4) is 0 Å². The number of rotatable bonds is 4. The number of aliphatic hydroxyl groups is 1. The van der Waals surface area contributed by atoms with Gasteiger partial charge in [-0.25, -0.2) is 8.78 Å². The first-order valence-electron chi connectivity index (χ1n) is 6.26. The molecule has 1 fully saturated rings. The van der Waals surface area contributed by atoms with E-state index in [1.165, 1.54) is 19.2 Å². The van der Waals surface area contributed by atoms with Crippen molar-refractivity contribution in [2.75, 3.05) is 39.9 Å². The lowest BCUT2D eigenvalue weighted by Gasteiger charge is -2.34. The SMILES string of the molecule is COc1ccc(F)c([C@@H](CO)N2CCNCC2)c1F. The van der Waals surface area contributed by atoms with Gasteiger partial charge >= 0.3 is 0 Å². The quantitative estimate of drug-likeness (QED) is 0.855. The van der Waals surface area contributed by atoms with Crippen LogP contribution >= 0.6 is 0 Å². The summed E-state index contributed by atoms with van der Waals surface area (Å²) in [6, 6.07) is 1.74. The van der Waals surface area contributed by atoms with Gasteiger partial charge in [0.1, 0.15) is 5.82 Å². The third kappa shape index (κ3) is 2.86. The minimum atomic E-state index is -0.736. The van der Waals surface area contributed by atoms with Gasteiger partial charge in [-0.05, 0) is 12.1 Å². The molecule has 1 aliphatic rings. The Bertz CT molecular complexity index is 437. The first-order chi connectivity index (χ1) is 9.19. The van der Waals surface area contributed by atoms with E-state index >= 15 is 0 Å². The molecule has 0 amide bonds. The van der Waals surface area contributed by atoms with E-state index in [-0.39, 0.29) is 17.9 Å². The normalized spacial score (nSPS) is 18.3. The van der Waals surface area contributed by atoms with E-state index in [0.29, 0.717) is 13.1 Å². The Morgan fingerprint density at radius 3 is 2.63 bits per heavy atom. The van der Waals surface area contributed by atoms with Crippen molar-refractivity contribution in [3.8, 4) is 5.75 Å². The molecule has 0 spiro atoms. The second-order valence-electron chi connectivity index (χ2n) is 4.46. The van der Waals surface area contributed by atoms with Crippen molar-refractivity contribution >= 4 is 0 Å². The summed E-state index contributed by atoms with van der Waals surface area (Å²) in [4.78, 5) is 1.87. The van der Waals surface area contributed by atoms with Gasteiger partial charge < -0.3 is 15.2 Å². The smallest absolute Gasteiger partial charge is 0.172 e. The first-order valence-corrected chi connectivity index (χ1v) is 6.26. The molecule has 106 valence electrons. The molecule has 6 heteroatoms. The van der Waals surface area contributed by atoms with Crippen LogP contribution in [0.15, 0.2) is 12.1 Å². The van der Waals surface area contributed by atoms with Crippen LogP contribution in [-0.2, 0) is 0 Å². The minimum Gasteiger partial charge on any atom is -0.494 e. The van der Waals surface area contributed by atoms with E-state index < -0.39 is 17.7 Å². The highest BCUT2D eigenvalue weighted by Crippen LogP contribution is 2.31. The number of methoxy groups -OCH3 is 1. The Kier molecular flexibility index (Phi) is 4.68. The lowest BCUT2D eigenvalue weighted by molar-refractivity contribution is 0.105. The van der Waals surface area contributed by atoms with Crippen molar-refractivity contribution in [2.45, 2.75) is 6.04 Å². The van der Waals surface area contributed by atoms with E-state index in [1.54, 1.807) is 0 Å². The molecule has 0 saturated carbocycles. The number of hydrogen-bond acceptors (Lipinski definition) is 4. The molecule has 0 aromatic heterocycles. The van der Waals surface area contributed by atoms with E-state index in [4.69, 9.17) is 4.74 Å². The Morgan fingerprint density at radius 2 is 2.05 bits per heavy atom. The van der Waals surface area contributed by atoms with Gasteiger partial charge in [0.2, 0.25) is 0 Å². The molecule has 1 aromatic rings. The monoisotopic (exact) mass is 272 g/mol. The number of nitrogens with one attached hydrogen (secondary N) is 1. The number of hydrogen-bond donors (Lipinski definition) is 2. The van der Waals surface area contributed by atoms with Gasteiger partial charge in [-0.1, -0.05) is 0 Å². The van der Waals surface area contributed by atoms with E-state index in [0.717, 1.165) is 13.1 Å². The van der Waals surface area contributed by atoms with Crippen LogP contribution in [0.5, 0.6) is 5.75 Å². The van der Waals surface area contributed by atoms with Gasteiger partial charge in [-0.15, -0.1) is 0 Å². The fraction of sp³-hybridized carbons (Fsp3) is 0.538. The highest BCUT2D eigenvalue weighted by molar-refractivity contribution is 5.34. The predicted molar refractivity (Wildman–Crippen MR) is 67.2 cm³/mol. The summed E-state index contributed by atoms with van der Waals surface area (Å²) >= 11 is 0. The first kappa shape index (κ1) is 14.2. The van der Waals surface area contributed by atoms with Crippen LogP contribution in [0.1, 0.15) is 11.6 Å². The molecule has 4 nitrogen and oxygen atoms in total. The Morgan fingerprint density at radius 1 is 1.37 bits per heavy atom. The average Bonchev–Trinajstić information content (AvgIpc) is 2.44. The molecule has 0 bridgehead atoms. The van der Waals surface area contributed by atoms with Gasteiger partial charge in [-0.2, -0.15) is 0 Å². The second-order valence-corrected chi connectivity index (χ2v) is 4.46. The highest BCUT2D eigenvalue weighted by atomic mass is 19.1. The third-order valence-electron chi connectivity index (χ3n) is 3.41. The number of aliphatic hydroxyl groups excluding tert-OH is 1. The summed E-state index contributed by atoms with van der Waals surface area (Å²) in [7, 11) is 1.33. The maximum Gasteiger partial charge on any atom is 0.172 e. The van der Waals surface area contributed by atoms with Crippen LogP contribution in [0.25, 0.3) is 0 Å². The van der Waals surface area contributed by atoms with Crippen LogP contribution in [0, 0.1) is 11.6 Å². The zero-order valence-electron chi connectivity index (χ0n) is 10.8. The van der Waals surface area contributed by atoms with Crippen molar-refractivity contribution in [3.05, 3.63) is 29.3 Å². The lowest BCUT2D eigenvalue weighted by atomic mass is 10.0. The molecule has 1 aliphatic heterocycles. The van der Waals surface area contributed by atoms with Gasteiger partial charge in [0, 0.05) is 31.7 Å². The van der Waals surface area contributed by atoms with Crippen molar-refractivity contribution < 1.29 is 18.6 Å². The van der Waals surface area contributed by atoms with Crippen LogP contribution in [0.2, 0.25) is 0 Å². The van der Waals surface area contributed by atoms with E-state index in [1.807, 2.05) is 4.90 Å². The zero-order chi connectivity index (χ0) is 13.8. The molecule has 2 N–H and O–H groups in total. The molecule has 0 radical (unpaired) electrons. The number of nitrogens with zero attached hydrogens (tertiary/aromatic N) is 1. The fourth-order valence-electron chi connectivity index (χ4n) is 2.40. The van der Waals surface area contributed by atoms with Crippen molar-refractivity contribution in [1.82, 2.24) is 10.2 Å². The summed E-state index contributed by atoms with van der Waals surface area (Å²) in [6.07, 6.45) is 0. The number of piperazine rings is 1. The maximum absolute atomic E-state index is 14.2. The highest BCUT2D eigenvalue weighted by Gasteiger charge is 2.28. The van der Waals surface area contributed by atoms with Gasteiger partial charge in [-0.3, -0.25) is 4.90 Å². The Balaban J connectivity index is 2.36. The average molecular weight is 272 g/mol. The predicted octanol–water partition coefficient (Wildman–Crippen LogP) is 0.912. The largest absolute Gasteiger partial charge is 0.494 e. The van der Waals surface area contributed by atoms with Gasteiger partial charge in [0.25, 0.3) is 0 Å². The standard InChI is InChI=1S/C13H18F2N2O2/c1-19-11-3-2-9(14)12(13(11)15)10(8-18)17-6-4-16-5-7-17/h2-3,10,16,18H,4-8H2,1H3/t10-/m1/s1. The summed E-state index contributed by atoms with van der Waals surface area (Å²) in [6.45, 7) is 2.43. The molecule has 2 rings (SSSR count). The zero-order valence-corrected chi connectivity index (χ0v) is 10.8. The van der Waals surface area contributed by atoms with Crippen LogP contribution in [0.4, 0.5) is 8.78 Å². The van der Waals surface area contributed by atoms with Gasteiger partial charge in [0.05, 0.1) is 19.8 Å².